The summed E-state index contributed by atoms with van der Waals surface area (Å²) < 4.78 is 7.53. The molecule has 5 heteroatoms. The highest BCUT2D eigenvalue weighted by atomic mass is 16.6. The molecule has 0 spiro atoms. The number of ether oxygens (including phenoxy) is 1. The molecule has 0 atom stereocenters. The Hall–Kier alpha value is -1.85. The number of nitrogens with one attached hydrogen (secondary N) is 1. The van der Waals surface area contributed by atoms with Gasteiger partial charge in [-0.15, -0.1) is 0 Å². The van der Waals surface area contributed by atoms with Gasteiger partial charge < -0.3 is 15.0 Å². The SMILES string of the molecule is CCNC1CCC(OC(=O)n2cc(CCN(C)C)c3ccccc32)CC1. The van der Waals surface area contributed by atoms with E-state index in [1.807, 2.05) is 24.4 Å². The molecule has 142 valence electrons. The maximum absolute atomic E-state index is 12.8. The quantitative estimate of drug-likeness (QED) is 0.857. The van der Waals surface area contributed by atoms with E-state index in [2.05, 4.69) is 37.3 Å². The number of nitrogens with zero attached hydrogens (tertiary/aromatic N) is 2. The number of aromatic nitrogens is 1. The Kier molecular flexibility index (Phi) is 6.33. The zero-order valence-electron chi connectivity index (χ0n) is 16.2. The number of hydrogen-bond acceptors (Lipinski definition) is 4. The number of hydrogen-bond donors (Lipinski definition) is 1. The molecule has 0 unspecified atom stereocenters. The highest BCUT2D eigenvalue weighted by Gasteiger charge is 2.24. The third-order valence-corrected chi connectivity index (χ3v) is 5.25. The van der Waals surface area contributed by atoms with Crippen molar-refractivity contribution in [1.29, 1.82) is 0 Å². The zero-order chi connectivity index (χ0) is 18.5. The minimum atomic E-state index is -0.246. The molecule has 1 fully saturated rings. The van der Waals surface area contributed by atoms with Crippen LogP contribution in [0.15, 0.2) is 30.5 Å². The monoisotopic (exact) mass is 357 g/mol. The summed E-state index contributed by atoms with van der Waals surface area (Å²) in [5.41, 5.74) is 2.13. The van der Waals surface area contributed by atoms with E-state index >= 15 is 0 Å². The van der Waals surface area contributed by atoms with E-state index in [9.17, 15) is 4.79 Å². The fraction of sp³-hybridized carbons (Fsp3) is 0.571. The Morgan fingerprint density at radius 3 is 2.65 bits per heavy atom. The molecule has 0 aliphatic heterocycles. The van der Waals surface area contributed by atoms with Crippen LogP contribution in [0.3, 0.4) is 0 Å². The van der Waals surface area contributed by atoms with Crippen LogP contribution in [0, 0.1) is 0 Å². The van der Waals surface area contributed by atoms with E-state index in [1.54, 1.807) is 4.57 Å². The standard InChI is InChI=1S/C21H31N3O2/c1-4-22-17-9-11-18(12-10-17)26-21(25)24-15-16(13-14-23(2)3)19-7-5-6-8-20(19)24/h5-8,15,17-18,22H,4,9-14H2,1-3H3. The van der Waals surface area contributed by atoms with E-state index in [4.69, 9.17) is 4.74 Å². The van der Waals surface area contributed by atoms with Crippen molar-refractivity contribution >= 4 is 17.0 Å². The summed E-state index contributed by atoms with van der Waals surface area (Å²) in [5.74, 6) is 0. The van der Waals surface area contributed by atoms with Gasteiger partial charge in [-0.3, -0.25) is 4.57 Å². The minimum absolute atomic E-state index is 0.0313. The third kappa shape index (κ3) is 4.46. The van der Waals surface area contributed by atoms with Crippen molar-refractivity contribution in [3.8, 4) is 0 Å². The first-order valence-electron chi connectivity index (χ1n) is 9.76. The lowest BCUT2D eigenvalue weighted by atomic mass is 9.93. The highest BCUT2D eigenvalue weighted by molar-refractivity contribution is 5.92. The van der Waals surface area contributed by atoms with E-state index in [1.165, 1.54) is 5.56 Å². The average Bonchev–Trinajstić information content (AvgIpc) is 3.01. The van der Waals surface area contributed by atoms with Crippen molar-refractivity contribution < 1.29 is 9.53 Å². The van der Waals surface area contributed by atoms with Gasteiger partial charge >= 0.3 is 6.09 Å². The molecule has 1 heterocycles. The predicted molar refractivity (Wildman–Crippen MR) is 106 cm³/mol. The van der Waals surface area contributed by atoms with Crippen LogP contribution in [0.1, 0.15) is 38.2 Å². The first kappa shape index (κ1) is 18.9. The number of benzene rings is 1. The van der Waals surface area contributed by atoms with Crippen molar-refractivity contribution in [3.63, 3.8) is 0 Å². The highest BCUT2D eigenvalue weighted by Crippen LogP contribution is 2.25. The van der Waals surface area contributed by atoms with E-state index < -0.39 is 0 Å². The molecular weight excluding hydrogens is 326 g/mol. The van der Waals surface area contributed by atoms with Crippen molar-refractivity contribution in [3.05, 3.63) is 36.0 Å². The Balaban J connectivity index is 1.70. The predicted octanol–water partition coefficient (Wildman–Crippen LogP) is 3.65. The van der Waals surface area contributed by atoms with Crippen LogP contribution < -0.4 is 5.32 Å². The van der Waals surface area contributed by atoms with Gasteiger partial charge in [0.15, 0.2) is 0 Å². The smallest absolute Gasteiger partial charge is 0.418 e. The number of likely N-dealkylation sites (N-methyl/N-ethyl adjacent to an activating group) is 1. The lowest BCUT2D eigenvalue weighted by Crippen LogP contribution is -2.36. The summed E-state index contributed by atoms with van der Waals surface area (Å²) in [6.07, 6.45) is 6.70. The minimum Gasteiger partial charge on any atom is -0.446 e. The Labute approximate surface area is 156 Å². The molecule has 1 aliphatic carbocycles. The van der Waals surface area contributed by atoms with Gasteiger partial charge in [0.25, 0.3) is 0 Å². The van der Waals surface area contributed by atoms with Crippen molar-refractivity contribution in [2.75, 3.05) is 27.2 Å². The second kappa shape index (κ2) is 8.69. The molecule has 1 saturated carbocycles. The molecule has 0 amide bonds. The molecule has 3 rings (SSSR count). The van der Waals surface area contributed by atoms with Gasteiger partial charge in [0.1, 0.15) is 6.10 Å². The molecule has 2 aromatic rings. The van der Waals surface area contributed by atoms with Gasteiger partial charge in [-0.25, -0.2) is 4.79 Å². The molecule has 1 aliphatic rings. The fourth-order valence-corrected chi connectivity index (χ4v) is 3.82. The summed E-state index contributed by atoms with van der Waals surface area (Å²) in [6.45, 7) is 4.09. The van der Waals surface area contributed by atoms with Crippen LogP contribution in [0.2, 0.25) is 0 Å². The number of carbonyl (C=O) groups excluding carboxylic acids is 1. The molecule has 1 aromatic carbocycles. The lowest BCUT2D eigenvalue weighted by Gasteiger charge is -2.28. The van der Waals surface area contributed by atoms with Crippen LogP contribution >= 0.6 is 0 Å². The maximum atomic E-state index is 12.8. The number of para-hydroxylation sites is 1. The molecule has 0 saturated heterocycles. The molecule has 0 radical (unpaired) electrons. The van der Waals surface area contributed by atoms with Crippen molar-refractivity contribution in [2.24, 2.45) is 0 Å². The van der Waals surface area contributed by atoms with Crippen LogP contribution in [0.5, 0.6) is 0 Å². The van der Waals surface area contributed by atoms with Gasteiger partial charge in [-0.05, 0) is 64.4 Å². The van der Waals surface area contributed by atoms with Crippen molar-refractivity contribution in [2.45, 2.75) is 51.2 Å². The van der Waals surface area contributed by atoms with Crippen LogP contribution in [0.4, 0.5) is 4.79 Å². The summed E-state index contributed by atoms with van der Waals surface area (Å²) in [6, 6.07) is 8.66. The van der Waals surface area contributed by atoms with Gasteiger partial charge in [0.2, 0.25) is 0 Å². The fourth-order valence-electron chi connectivity index (χ4n) is 3.82. The third-order valence-electron chi connectivity index (χ3n) is 5.25. The van der Waals surface area contributed by atoms with Crippen LogP contribution in [0.25, 0.3) is 10.9 Å². The second-order valence-corrected chi connectivity index (χ2v) is 7.51. The average molecular weight is 357 g/mol. The van der Waals surface area contributed by atoms with Gasteiger partial charge in [-0.2, -0.15) is 0 Å². The van der Waals surface area contributed by atoms with Gasteiger partial charge in [0, 0.05) is 24.2 Å². The second-order valence-electron chi connectivity index (χ2n) is 7.51. The molecule has 1 N–H and O–H groups in total. The topological polar surface area (TPSA) is 46.5 Å². The molecule has 26 heavy (non-hydrogen) atoms. The first-order valence-corrected chi connectivity index (χ1v) is 9.76. The Bertz CT molecular complexity index is 730. The zero-order valence-corrected chi connectivity index (χ0v) is 16.2. The number of carbonyl (C=O) groups is 1. The Morgan fingerprint density at radius 2 is 1.96 bits per heavy atom. The summed E-state index contributed by atoms with van der Waals surface area (Å²) in [7, 11) is 4.13. The maximum Gasteiger partial charge on any atom is 0.418 e. The van der Waals surface area contributed by atoms with Crippen LogP contribution in [-0.4, -0.2) is 54.9 Å². The molecule has 5 nitrogen and oxygen atoms in total. The number of fused-ring (bicyclic) bond motifs is 1. The van der Waals surface area contributed by atoms with E-state index in [-0.39, 0.29) is 12.2 Å². The molecule has 1 aromatic heterocycles. The number of rotatable bonds is 6. The van der Waals surface area contributed by atoms with Gasteiger partial charge in [0.05, 0.1) is 5.52 Å². The summed E-state index contributed by atoms with van der Waals surface area (Å²) in [5, 5.41) is 4.63. The molecule has 0 bridgehead atoms. The van der Waals surface area contributed by atoms with Crippen molar-refractivity contribution in [1.82, 2.24) is 14.8 Å². The largest absolute Gasteiger partial charge is 0.446 e. The van der Waals surface area contributed by atoms with E-state index in [0.717, 1.165) is 56.1 Å². The lowest BCUT2D eigenvalue weighted by molar-refractivity contribution is 0.0707. The normalized spacial score (nSPS) is 20.6. The summed E-state index contributed by atoms with van der Waals surface area (Å²) in [4.78, 5) is 15.0. The summed E-state index contributed by atoms with van der Waals surface area (Å²) >= 11 is 0. The van der Waals surface area contributed by atoms with Crippen LogP contribution in [-0.2, 0) is 11.2 Å². The van der Waals surface area contributed by atoms with E-state index in [0.29, 0.717) is 6.04 Å². The van der Waals surface area contributed by atoms with Gasteiger partial charge in [-0.1, -0.05) is 25.1 Å². The Morgan fingerprint density at radius 1 is 1.23 bits per heavy atom. The molecular formula is C21H31N3O2. The first-order chi connectivity index (χ1) is 12.6.